The van der Waals surface area contributed by atoms with Crippen molar-refractivity contribution in [2.75, 3.05) is 20.3 Å². The van der Waals surface area contributed by atoms with Crippen molar-refractivity contribution in [3.05, 3.63) is 95.5 Å². The number of rotatable bonds is 13. The monoisotopic (exact) mass is 844 g/mol. The van der Waals surface area contributed by atoms with Crippen molar-refractivity contribution >= 4 is 63.4 Å². The molecule has 1 heterocycles. The van der Waals surface area contributed by atoms with Gasteiger partial charge in [-0.25, -0.2) is 14.0 Å². The third-order valence-electron chi connectivity index (χ3n) is 6.47. The minimum Gasteiger partial charge on any atom is -0.490 e. The van der Waals surface area contributed by atoms with Crippen LogP contribution < -0.4 is 30.3 Å². The zero-order valence-electron chi connectivity index (χ0n) is 24.5. The van der Waals surface area contributed by atoms with Crippen molar-refractivity contribution in [2.24, 2.45) is 5.10 Å². The van der Waals surface area contributed by atoms with E-state index in [2.05, 4.69) is 66.3 Å². The molecule has 2 amide bonds. The lowest BCUT2D eigenvalue weighted by Gasteiger charge is -2.28. The molecule has 0 saturated heterocycles. The Morgan fingerprint density at radius 2 is 1.91 bits per heavy atom. The van der Waals surface area contributed by atoms with Crippen molar-refractivity contribution in [1.29, 1.82) is 0 Å². The average Bonchev–Trinajstić information content (AvgIpc) is 3.00. The maximum Gasteiger partial charge on any atom is 0.337 e. The van der Waals surface area contributed by atoms with Crippen LogP contribution >= 0.6 is 45.2 Å². The number of halogens is 3. The van der Waals surface area contributed by atoms with Gasteiger partial charge in [-0.1, -0.05) is 24.3 Å². The van der Waals surface area contributed by atoms with Gasteiger partial charge in [0.25, 0.3) is 0 Å². The molecular formula is C31H31FI2N4O7. The Labute approximate surface area is 286 Å². The van der Waals surface area contributed by atoms with Crippen LogP contribution in [0.4, 0.5) is 9.18 Å². The number of benzene rings is 3. The first-order chi connectivity index (χ1) is 21.6. The molecule has 0 fully saturated rings. The lowest BCUT2D eigenvalue weighted by atomic mass is 9.95. The predicted octanol–water partition coefficient (Wildman–Crippen LogP) is 5.13. The summed E-state index contributed by atoms with van der Waals surface area (Å²) in [6.07, 6.45) is 0.312. The number of ether oxygens (including phenoxy) is 4. The second kappa shape index (κ2) is 16.1. The van der Waals surface area contributed by atoms with Crippen LogP contribution in [-0.4, -0.2) is 49.9 Å². The van der Waals surface area contributed by atoms with Gasteiger partial charge in [0.05, 0.1) is 35.1 Å². The van der Waals surface area contributed by atoms with Crippen molar-refractivity contribution in [3.63, 3.8) is 0 Å². The van der Waals surface area contributed by atoms with Gasteiger partial charge in [0.2, 0.25) is 0 Å². The molecule has 3 aromatic carbocycles. The highest BCUT2D eigenvalue weighted by Gasteiger charge is 2.32. The molecule has 0 spiro atoms. The van der Waals surface area contributed by atoms with Crippen LogP contribution in [0.5, 0.6) is 17.2 Å². The number of nitrogens with zero attached hydrogens (tertiary/aromatic N) is 1. The Morgan fingerprint density at radius 1 is 1.13 bits per heavy atom. The van der Waals surface area contributed by atoms with Crippen molar-refractivity contribution in [1.82, 2.24) is 16.1 Å². The van der Waals surface area contributed by atoms with Gasteiger partial charge in [-0.05, 0) is 94.9 Å². The number of hydrazone groups is 1. The van der Waals surface area contributed by atoms with Gasteiger partial charge in [0.15, 0.2) is 17.7 Å². The Kier molecular flexibility index (Phi) is 12.2. The number of methoxy groups -OCH3 is 1. The molecule has 4 rings (SSSR count). The highest BCUT2D eigenvalue weighted by Crippen LogP contribution is 2.35. The highest BCUT2D eigenvalue weighted by atomic mass is 127. The topological polar surface area (TPSA) is 140 Å². The summed E-state index contributed by atoms with van der Waals surface area (Å²) in [6.45, 7) is 3.60. The molecule has 0 radical (unpaired) electrons. The van der Waals surface area contributed by atoms with Crippen LogP contribution in [0.25, 0.3) is 0 Å². The fraction of sp³-hybridized carbons (Fsp3) is 0.258. The molecule has 0 bridgehead atoms. The number of esters is 1. The van der Waals surface area contributed by atoms with Crippen LogP contribution in [-0.2, 0) is 16.1 Å². The summed E-state index contributed by atoms with van der Waals surface area (Å²) >= 11 is 4.33. The van der Waals surface area contributed by atoms with E-state index in [1.54, 1.807) is 50.2 Å². The summed E-state index contributed by atoms with van der Waals surface area (Å²) in [7, 11) is 1.27. The van der Waals surface area contributed by atoms with E-state index >= 15 is 0 Å². The molecule has 14 heteroatoms. The van der Waals surface area contributed by atoms with E-state index in [1.165, 1.54) is 19.4 Å². The van der Waals surface area contributed by atoms with Crippen molar-refractivity contribution < 1.29 is 38.0 Å². The number of hydrogen-bond donors (Lipinski definition) is 4. The standard InChI is InChI=1S/C31H31FI2N4O7/c1-4-43-25-12-18(28-27(30(40)42-3)17(2)36-31(41)37-28)9-10-24(25)44-16-26(39)38-35-14-20-11-21(33)13-23(34)29(20)45-15-19-7-5-6-8-22(19)32/h5-14,26,28,38-39H,4,15-16H2,1-3H3,(H2,36,37,41)/b35-14+/t26-,28+/m0/s1. The molecule has 0 aliphatic carbocycles. The molecule has 1 aliphatic rings. The molecule has 0 aromatic heterocycles. The SMILES string of the molecule is CCOc1cc([C@H]2NC(=O)NC(C)=C2C(=O)OC)ccc1OC[C@H](O)N/N=C/c1cc(I)cc(I)c1OCc1ccccc1F. The molecule has 2 atom stereocenters. The summed E-state index contributed by atoms with van der Waals surface area (Å²) in [5.74, 6) is 0.285. The van der Waals surface area contributed by atoms with E-state index in [1.807, 2.05) is 12.1 Å². The molecular weight excluding hydrogens is 813 g/mol. The smallest absolute Gasteiger partial charge is 0.337 e. The maximum absolute atomic E-state index is 14.1. The lowest BCUT2D eigenvalue weighted by molar-refractivity contribution is -0.136. The van der Waals surface area contributed by atoms with E-state index in [9.17, 15) is 19.1 Å². The second-order valence-electron chi connectivity index (χ2n) is 9.60. The van der Waals surface area contributed by atoms with Crippen molar-refractivity contribution in [2.45, 2.75) is 32.7 Å². The van der Waals surface area contributed by atoms with Crippen LogP contribution in [0.15, 0.2) is 71.0 Å². The number of urea groups is 1. The number of aliphatic hydroxyl groups excluding tert-OH is 1. The first-order valence-electron chi connectivity index (χ1n) is 13.7. The van der Waals surface area contributed by atoms with Gasteiger partial charge in [-0.3, -0.25) is 5.43 Å². The minimum absolute atomic E-state index is 0.0405. The molecule has 3 aromatic rings. The fourth-order valence-electron chi connectivity index (χ4n) is 4.41. The molecule has 45 heavy (non-hydrogen) atoms. The third kappa shape index (κ3) is 8.97. The Morgan fingerprint density at radius 3 is 2.64 bits per heavy atom. The quantitative estimate of drug-likeness (QED) is 0.0611. The van der Waals surface area contributed by atoms with Gasteiger partial charge in [0.1, 0.15) is 24.8 Å². The van der Waals surface area contributed by atoms with Crippen LogP contribution in [0.3, 0.4) is 0 Å². The van der Waals surface area contributed by atoms with Gasteiger partial charge in [-0.15, -0.1) is 0 Å². The van der Waals surface area contributed by atoms with Gasteiger partial charge in [0, 0.05) is 20.4 Å². The summed E-state index contributed by atoms with van der Waals surface area (Å²) in [4.78, 5) is 24.6. The number of nitrogens with one attached hydrogen (secondary N) is 3. The Hall–Kier alpha value is -3.64. The minimum atomic E-state index is -1.19. The molecule has 4 N–H and O–H groups in total. The first kappa shape index (κ1) is 34.2. The van der Waals surface area contributed by atoms with Crippen LogP contribution in [0, 0.1) is 13.0 Å². The zero-order valence-corrected chi connectivity index (χ0v) is 28.8. The number of amides is 2. The second-order valence-corrected chi connectivity index (χ2v) is 12.0. The number of carbonyl (C=O) groups excluding carboxylic acids is 2. The number of allylic oxidation sites excluding steroid dienone is 1. The highest BCUT2D eigenvalue weighted by molar-refractivity contribution is 14.1. The van der Waals surface area contributed by atoms with E-state index in [-0.39, 0.29) is 24.6 Å². The van der Waals surface area contributed by atoms with E-state index in [0.29, 0.717) is 46.2 Å². The van der Waals surface area contributed by atoms with E-state index < -0.39 is 24.3 Å². The van der Waals surface area contributed by atoms with E-state index in [4.69, 9.17) is 18.9 Å². The fourth-order valence-corrected chi connectivity index (χ4v) is 6.45. The molecule has 0 saturated carbocycles. The Bertz CT molecular complexity index is 1620. The first-order valence-corrected chi connectivity index (χ1v) is 15.8. The number of aliphatic hydroxyl groups is 1. The Balaban J connectivity index is 1.43. The third-order valence-corrected chi connectivity index (χ3v) is 7.89. The maximum atomic E-state index is 14.1. The normalized spacial score (nSPS) is 15.3. The van der Waals surface area contributed by atoms with Gasteiger partial charge >= 0.3 is 12.0 Å². The van der Waals surface area contributed by atoms with Crippen molar-refractivity contribution in [3.8, 4) is 17.2 Å². The summed E-state index contributed by atoms with van der Waals surface area (Å²) in [5.41, 5.74) is 4.90. The molecule has 0 unspecified atom stereocenters. The summed E-state index contributed by atoms with van der Waals surface area (Å²) in [6, 6.07) is 13.9. The molecule has 11 nitrogen and oxygen atoms in total. The molecule has 238 valence electrons. The molecule has 1 aliphatic heterocycles. The number of hydrogen-bond acceptors (Lipinski definition) is 9. The van der Waals surface area contributed by atoms with Crippen LogP contribution in [0.2, 0.25) is 0 Å². The predicted molar refractivity (Wildman–Crippen MR) is 182 cm³/mol. The lowest BCUT2D eigenvalue weighted by Crippen LogP contribution is -2.45. The number of carbonyl (C=O) groups is 2. The van der Waals surface area contributed by atoms with Crippen LogP contribution in [0.1, 0.15) is 36.6 Å². The average molecular weight is 844 g/mol. The van der Waals surface area contributed by atoms with Gasteiger partial charge in [-0.2, -0.15) is 5.10 Å². The summed E-state index contributed by atoms with van der Waals surface area (Å²) < 4.78 is 38.3. The summed E-state index contributed by atoms with van der Waals surface area (Å²) in [5, 5.41) is 20.0. The van der Waals surface area contributed by atoms with E-state index in [0.717, 1.165) is 7.14 Å². The zero-order chi connectivity index (χ0) is 32.5. The van der Waals surface area contributed by atoms with Gasteiger partial charge < -0.3 is 34.7 Å². The largest absolute Gasteiger partial charge is 0.490 e.